The molecular weight excluding hydrogens is 529 g/mol. The Kier molecular flexibility index (Phi) is 7.18. The molecule has 2 heterocycles. The molecule has 0 bridgehead atoms. The van der Waals surface area contributed by atoms with E-state index in [4.69, 9.17) is 4.74 Å². The molecule has 1 aliphatic rings. The lowest BCUT2D eigenvalue weighted by Crippen LogP contribution is -2.48. The van der Waals surface area contributed by atoms with Gasteiger partial charge in [-0.25, -0.2) is 8.42 Å². The Hall–Kier alpha value is -3.41. The highest BCUT2D eigenvalue weighted by Gasteiger charge is 2.38. The molecule has 0 radical (unpaired) electrons. The second kappa shape index (κ2) is 10.5. The predicted octanol–water partition coefficient (Wildman–Crippen LogP) is 5.04. The molecule has 1 N–H and O–H groups in total. The summed E-state index contributed by atoms with van der Waals surface area (Å²) in [5, 5.41) is 11.3. The average molecular weight is 553 g/mol. The normalized spacial score (nSPS) is 15.1. The van der Waals surface area contributed by atoms with Gasteiger partial charge in [-0.05, 0) is 49.2 Å². The number of aromatic nitrogens is 2. The van der Waals surface area contributed by atoms with E-state index >= 15 is 0 Å². The summed E-state index contributed by atoms with van der Waals surface area (Å²) in [6.07, 6.45) is -1.07. The van der Waals surface area contributed by atoms with E-state index in [1.165, 1.54) is 27.4 Å². The Bertz CT molecular complexity index is 1520. The lowest BCUT2D eigenvalue weighted by atomic mass is 10.1. The molecule has 0 saturated heterocycles. The molecule has 4 aromatic rings. The Morgan fingerprint density at radius 1 is 1.05 bits per heavy atom. The number of thioether (sulfide) groups is 1. The lowest BCUT2D eigenvalue weighted by Gasteiger charge is -2.34. The number of hydrogen-bond acceptors (Lipinski definition) is 8. The van der Waals surface area contributed by atoms with E-state index in [9.17, 15) is 13.2 Å². The Morgan fingerprint density at radius 2 is 1.78 bits per heavy atom. The number of rotatable bonds is 7. The minimum Gasteiger partial charge on any atom is -0.476 e. The molecule has 0 saturated carbocycles. The van der Waals surface area contributed by atoms with Crippen molar-refractivity contribution in [3.05, 3.63) is 89.5 Å². The van der Waals surface area contributed by atoms with Crippen LogP contribution in [-0.4, -0.2) is 37.2 Å². The molecule has 1 atom stereocenters. The fourth-order valence-corrected chi connectivity index (χ4v) is 6.97. The molecule has 0 fully saturated rings. The van der Waals surface area contributed by atoms with E-state index in [0.29, 0.717) is 20.9 Å². The Labute approximate surface area is 223 Å². The van der Waals surface area contributed by atoms with Gasteiger partial charge >= 0.3 is 0 Å². The molecule has 8 nitrogen and oxygen atoms in total. The first-order valence-corrected chi connectivity index (χ1v) is 14.7. The van der Waals surface area contributed by atoms with Gasteiger partial charge in [-0.1, -0.05) is 77.2 Å². The zero-order valence-corrected chi connectivity index (χ0v) is 22.6. The first-order chi connectivity index (χ1) is 17.8. The number of carbonyl (C=O) groups is 1. The largest absolute Gasteiger partial charge is 0.476 e. The van der Waals surface area contributed by atoms with E-state index in [0.717, 1.165) is 22.4 Å². The second-order valence-corrected chi connectivity index (χ2v) is 12.6. The van der Waals surface area contributed by atoms with Gasteiger partial charge in [0.15, 0.2) is 10.4 Å². The molecular formula is C26H24N4O4S3. The van der Waals surface area contributed by atoms with Crippen LogP contribution >= 0.6 is 23.1 Å². The van der Waals surface area contributed by atoms with E-state index in [-0.39, 0.29) is 11.4 Å². The number of sulfonamides is 1. The maximum absolute atomic E-state index is 13.6. The van der Waals surface area contributed by atoms with Crippen LogP contribution in [0.25, 0.3) is 0 Å². The minimum atomic E-state index is -3.93. The summed E-state index contributed by atoms with van der Waals surface area (Å²) in [6, 6.07) is 21.9. The van der Waals surface area contributed by atoms with Gasteiger partial charge in [-0.15, -0.1) is 10.2 Å². The van der Waals surface area contributed by atoms with Crippen LogP contribution in [0, 0.1) is 13.8 Å². The fraction of sp³-hybridized carbons (Fsp3) is 0.192. The van der Waals surface area contributed by atoms with Crippen molar-refractivity contribution in [3.63, 3.8) is 0 Å². The molecule has 0 aliphatic carbocycles. The summed E-state index contributed by atoms with van der Waals surface area (Å²) >= 11 is 2.78. The van der Waals surface area contributed by atoms with Gasteiger partial charge in [-0.2, -0.15) is 0 Å². The number of amides is 1. The fourth-order valence-electron chi connectivity index (χ4n) is 3.79. The summed E-state index contributed by atoms with van der Waals surface area (Å²) in [5.74, 6) is 0.562. The Balaban J connectivity index is 1.34. The van der Waals surface area contributed by atoms with Gasteiger partial charge in [0.05, 0.1) is 17.1 Å². The van der Waals surface area contributed by atoms with Crippen molar-refractivity contribution in [2.45, 2.75) is 34.9 Å². The summed E-state index contributed by atoms with van der Waals surface area (Å²) in [4.78, 5) is 13.3. The topological polar surface area (TPSA) is 101 Å². The molecule has 37 heavy (non-hydrogen) atoms. The van der Waals surface area contributed by atoms with Crippen LogP contribution in [0.3, 0.4) is 0 Å². The van der Waals surface area contributed by atoms with Gasteiger partial charge < -0.3 is 4.74 Å². The molecule has 0 unspecified atom stereocenters. The van der Waals surface area contributed by atoms with Crippen molar-refractivity contribution in [1.82, 2.24) is 10.2 Å². The first-order valence-electron chi connectivity index (χ1n) is 11.5. The van der Waals surface area contributed by atoms with Gasteiger partial charge in [0.1, 0.15) is 5.75 Å². The monoisotopic (exact) mass is 552 g/mol. The third kappa shape index (κ3) is 5.63. The van der Waals surface area contributed by atoms with Crippen molar-refractivity contribution < 1.29 is 17.9 Å². The summed E-state index contributed by atoms with van der Waals surface area (Å²) in [6.45, 7) is 3.59. The van der Waals surface area contributed by atoms with Crippen LogP contribution in [0.4, 0.5) is 10.8 Å². The maximum Gasteiger partial charge on any atom is 0.269 e. The highest BCUT2D eigenvalue weighted by atomic mass is 32.2. The number of nitrogens with zero attached hydrogens (tertiary/aromatic N) is 3. The van der Waals surface area contributed by atoms with Crippen molar-refractivity contribution in [2.75, 3.05) is 16.2 Å². The zero-order chi connectivity index (χ0) is 26.0. The summed E-state index contributed by atoms with van der Waals surface area (Å²) in [5.41, 5.74) is 3.39. The van der Waals surface area contributed by atoms with Crippen LogP contribution in [0.15, 0.2) is 82.0 Å². The third-order valence-corrected chi connectivity index (χ3v) is 9.56. The number of nitrogens with one attached hydrogen (secondary N) is 1. The number of anilines is 2. The predicted molar refractivity (Wildman–Crippen MR) is 146 cm³/mol. The van der Waals surface area contributed by atoms with Crippen molar-refractivity contribution >= 4 is 49.8 Å². The molecule has 190 valence electrons. The number of benzene rings is 3. The number of ether oxygens (including phenoxy) is 1. The van der Waals surface area contributed by atoms with Gasteiger partial charge in [0.2, 0.25) is 5.13 Å². The lowest BCUT2D eigenvalue weighted by molar-refractivity contribution is -0.122. The van der Waals surface area contributed by atoms with E-state index in [1.54, 1.807) is 36.4 Å². The quantitative estimate of drug-likeness (QED) is 0.253. The third-order valence-electron chi connectivity index (χ3n) is 5.73. The number of fused-ring (bicyclic) bond motifs is 1. The zero-order valence-electron chi connectivity index (χ0n) is 20.1. The van der Waals surface area contributed by atoms with Crippen molar-refractivity contribution in [1.29, 1.82) is 0 Å². The SMILES string of the molecule is Cc1ccc(S(=O)(=O)N2C[C@H](C(=O)Nc3nnc(SCc4ccccc4)s3)Oc3ccc(C)cc32)cc1. The minimum absolute atomic E-state index is 0.149. The maximum atomic E-state index is 13.6. The van der Waals surface area contributed by atoms with Gasteiger partial charge in [0.25, 0.3) is 15.9 Å². The highest BCUT2D eigenvalue weighted by Crippen LogP contribution is 2.38. The van der Waals surface area contributed by atoms with Gasteiger partial charge in [-0.3, -0.25) is 14.4 Å². The van der Waals surface area contributed by atoms with Crippen molar-refractivity contribution in [3.8, 4) is 5.75 Å². The van der Waals surface area contributed by atoms with Crippen molar-refractivity contribution in [2.24, 2.45) is 0 Å². The molecule has 1 aliphatic heterocycles. The summed E-state index contributed by atoms with van der Waals surface area (Å²) in [7, 11) is -3.93. The van der Waals surface area contributed by atoms with Crippen LogP contribution in [0.1, 0.15) is 16.7 Å². The van der Waals surface area contributed by atoms with Crippen LogP contribution in [-0.2, 0) is 20.6 Å². The molecule has 1 amide bonds. The van der Waals surface area contributed by atoms with Crippen LogP contribution in [0.2, 0.25) is 0 Å². The smallest absolute Gasteiger partial charge is 0.269 e. The number of aryl methyl sites for hydroxylation is 2. The van der Waals surface area contributed by atoms with Gasteiger partial charge in [0, 0.05) is 5.75 Å². The summed E-state index contributed by atoms with van der Waals surface area (Å²) < 4.78 is 35.1. The van der Waals surface area contributed by atoms with E-state index < -0.39 is 22.0 Å². The molecule has 3 aromatic carbocycles. The second-order valence-electron chi connectivity index (χ2n) is 8.56. The van der Waals surface area contributed by atoms with Crippen LogP contribution < -0.4 is 14.4 Å². The molecule has 1 aromatic heterocycles. The first kappa shape index (κ1) is 25.2. The molecule has 5 rings (SSSR count). The average Bonchev–Trinajstić information content (AvgIpc) is 3.34. The standard InChI is InChI=1S/C26H24N4O4S3/c1-17-8-11-20(12-9-17)37(32,33)30-15-23(34-22-13-10-18(2)14-21(22)30)24(31)27-25-28-29-26(36-25)35-16-19-6-4-3-5-7-19/h3-14,23H,15-16H2,1-2H3,(H,27,28,31)/t23-/m1/s1. The number of hydrogen-bond donors (Lipinski definition) is 1. The highest BCUT2D eigenvalue weighted by molar-refractivity contribution is 8.00. The van der Waals surface area contributed by atoms with E-state index in [2.05, 4.69) is 15.5 Å². The molecule has 0 spiro atoms. The number of carbonyl (C=O) groups excluding carboxylic acids is 1. The molecule has 11 heteroatoms. The van der Waals surface area contributed by atoms with E-state index in [1.807, 2.05) is 50.2 Å². The Morgan fingerprint density at radius 3 is 2.54 bits per heavy atom. The van der Waals surface area contributed by atoms with Crippen LogP contribution in [0.5, 0.6) is 5.75 Å².